The third kappa shape index (κ3) is 1.87. The molecule has 1 heterocycles. The summed E-state index contributed by atoms with van der Waals surface area (Å²) in [5.41, 5.74) is 0. The van der Waals surface area contributed by atoms with E-state index in [9.17, 15) is 8.78 Å². The van der Waals surface area contributed by atoms with Gasteiger partial charge < -0.3 is 0 Å². The van der Waals surface area contributed by atoms with Crippen molar-refractivity contribution in [3.63, 3.8) is 0 Å². The van der Waals surface area contributed by atoms with Gasteiger partial charge in [-0.3, -0.25) is 0 Å². The summed E-state index contributed by atoms with van der Waals surface area (Å²) < 4.78 is 26.6. The lowest BCUT2D eigenvalue weighted by Crippen LogP contribution is -1.72. The van der Waals surface area contributed by atoms with E-state index in [-0.39, 0.29) is 4.88 Å². The third-order valence-electron chi connectivity index (χ3n) is 1.77. The normalized spacial score (nSPS) is 11.5. The zero-order valence-corrected chi connectivity index (χ0v) is 10.5. The number of rotatable bonds is 1. The van der Waals surface area contributed by atoms with Gasteiger partial charge in [-0.25, -0.2) is 8.78 Å². The fourth-order valence-electron chi connectivity index (χ4n) is 1.20. The molecule has 0 fully saturated rings. The van der Waals surface area contributed by atoms with Crippen LogP contribution in [0.1, 0.15) is 11.3 Å². The van der Waals surface area contributed by atoms with Gasteiger partial charge in [0.05, 0.1) is 4.88 Å². The molecular formula is C9H4ClF2IS. The minimum absolute atomic E-state index is 0.0974. The summed E-state index contributed by atoms with van der Waals surface area (Å²) >= 11 is 9.05. The summed E-state index contributed by atoms with van der Waals surface area (Å²) in [6.45, 7) is 0. The Bertz CT molecular complexity index is 481. The van der Waals surface area contributed by atoms with Crippen molar-refractivity contribution in [2.24, 2.45) is 0 Å². The summed E-state index contributed by atoms with van der Waals surface area (Å²) in [5, 5.41) is 1.38. The number of fused-ring (bicyclic) bond motifs is 1. The topological polar surface area (TPSA) is 0 Å². The van der Waals surface area contributed by atoms with Gasteiger partial charge in [0.2, 0.25) is 0 Å². The van der Waals surface area contributed by atoms with Crippen molar-refractivity contribution in [3.8, 4) is 0 Å². The second-order valence-corrected chi connectivity index (χ2v) is 5.44. The largest absolute Gasteiger partial charge is 0.272 e. The summed E-state index contributed by atoms with van der Waals surface area (Å²) in [6, 6.07) is 4.98. The SMILES string of the molecule is FC(F)c1cc2cc(Cl)cc(I)c2s1. The van der Waals surface area contributed by atoms with Crippen LogP contribution in [0, 0.1) is 3.57 Å². The molecule has 2 rings (SSSR count). The molecule has 0 atom stereocenters. The second-order valence-electron chi connectivity index (χ2n) is 2.76. The highest BCUT2D eigenvalue weighted by atomic mass is 127. The lowest BCUT2D eigenvalue weighted by atomic mass is 10.2. The lowest BCUT2D eigenvalue weighted by Gasteiger charge is -1.94. The average Bonchev–Trinajstić information content (AvgIpc) is 2.47. The molecule has 0 saturated heterocycles. The van der Waals surface area contributed by atoms with Gasteiger partial charge in [0.15, 0.2) is 0 Å². The first-order valence-corrected chi connectivity index (χ1v) is 6.02. The Morgan fingerprint density at radius 2 is 2.00 bits per heavy atom. The molecule has 0 aliphatic carbocycles. The molecule has 14 heavy (non-hydrogen) atoms. The quantitative estimate of drug-likeness (QED) is 0.632. The maximum Gasteiger partial charge on any atom is 0.272 e. The summed E-state index contributed by atoms with van der Waals surface area (Å²) in [5.74, 6) is 0. The Morgan fingerprint density at radius 1 is 1.29 bits per heavy atom. The van der Waals surface area contributed by atoms with Gasteiger partial charge >= 0.3 is 0 Å². The van der Waals surface area contributed by atoms with Crippen LogP contribution in [-0.4, -0.2) is 0 Å². The van der Waals surface area contributed by atoms with Gasteiger partial charge in [-0.15, -0.1) is 11.3 Å². The van der Waals surface area contributed by atoms with Crippen molar-refractivity contribution in [1.82, 2.24) is 0 Å². The molecule has 0 spiro atoms. The van der Waals surface area contributed by atoms with Crippen molar-refractivity contribution in [2.75, 3.05) is 0 Å². The maximum atomic E-state index is 12.4. The van der Waals surface area contributed by atoms with Crippen molar-refractivity contribution in [1.29, 1.82) is 0 Å². The Hall–Kier alpha value is 0.0600. The van der Waals surface area contributed by atoms with Crippen LogP contribution in [0.3, 0.4) is 0 Å². The average molecular weight is 345 g/mol. The second kappa shape index (κ2) is 3.90. The lowest BCUT2D eigenvalue weighted by molar-refractivity contribution is 0.156. The molecule has 74 valence electrons. The number of hydrogen-bond donors (Lipinski definition) is 0. The van der Waals surface area contributed by atoms with Crippen LogP contribution in [0.5, 0.6) is 0 Å². The highest BCUT2D eigenvalue weighted by Gasteiger charge is 2.13. The number of halogens is 4. The Labute approximate surface area is 102 Å². The number of thiophene rings is 1. The van der Waals surface area contributed by atoms with Crippen LogP contribution in [-0.2, 0) is 0 Å². The monoisotopic (exact) mass is 344 g/mol. The van der Waals surface area contributed by atoms with Gasteiger partial charge in [0.1, 0.15) is 0 Å². The first kappa shape index (κ1) is 10.6. The molecule has 0 bridgehead atoms. The van der Waals surface area contributed by atoms with Crippen LogP contribution in [0.25, 0.3) is 10.1 Å². The van der Waals surface area contributed by atoms with Gasteiger partial charge in [-0.2, -0.15) is 0 Å². The minimum Gasteiger partial charge on any atom is -0.204 e. The minimum atomic E-state index is -2.40. The molecule has 5 heteroatoms. The van der Waals surface area contributed by atoms with E-state index < -0.39 is 6.43 Å². The summed E-state index contributed by atoms with van der Waals surface area (Å²) in [4.78, 5) is 0.0974. The number of benzene rings is 1. The molecule has 2 aromatic rings. The molecule has 0 saturated carbocycles. The van der Waals surface area contributed by atoms with E-state index in [0.29, 0.717) is 5.02 Å². The highest BCUT2D eigenvalue weighted by Crippen LogP contribution is 2.36. The van der Waals surface area contributed by atoms with Gasteiger partial charge in [-0.05, 0) is 46.2 Å². The van der Waals surface area contributed by atoms with Gasteiger partial charge in [0.25, 0.3) is 6.43 Å². The zero-order valence-electron chi connectivity index (χ0n) is 6.73. The van der Waals surface area contributed by atoms with Crippen molar-refractivity contribution in [3.05, 3.63) is 31.7 Å². The van der Waals surface area contributed by atoms with Crippen LogP contribution < -0.4 is 0 Å². The standard InChI is InChI=1S/C9H4ClF2IS/c10-5-1-4-2-7(9(11)12)14-8(4)6(13)3-5/h1-3,9H. The van der Waals surface area contributed by atoms with Gasteiger partial charge in [-0.1, -0.05) is 11.6 Å². The first-order chi connectivity index (χ1) is 6.58. The Kier molecular flexibility index (Phi) is 2.95. The zero-order chi connectivity index (χ0) is 10.3. The molecule has 0 unspecified atom stereocenters. The van der Waals surface area contributed by atoms with Crippen LogP contribution in [0.2, 0.25) is 5.02 Å². The molecule has 0 aliphatic rings. The Morgan fingerprint density at radius 3 is 2.64 bits per heavy atom. The fraction of sp³-hybridized carbons (Fsp3) is 0.111. The van der Waals surface area contributed by atoms with Crippen LogP contribution in [0.4, 0.5) is 8.78 Å². The predicted octanol–water partition coefficient (Wildman–Crippen LogP) is 5.10. The molecule has 0 aliphatic heterocycles. The van der Waals surface area contributed by atoms with Gasteiger partial charge in [0, 0.05) is 13.3 Å². The van der Waals surface area contributed by atoms with E-state index >= 15 is 0 Å². The number of hydrogen-bond acceptors (Lipinski definition) is 1. The van der Waals surface area contributed by atoms with Crippen LogP contribution >= 0.6 is 45.5 Å². The molecular weight excluding hydrogens is 341 g/mol. The molecule has 0 N–H and O–H groups in total. The Balaban J connectivity index is 2.70. The molecule has 0 amide bonds. The first-order valence-electron chi connectivity index (χ1n) is 3.74. The summed E-state index contributed by atoms with van der Waals surface area (Å²) in [6.07, 6.45) is -2.40. The maximum absolute atomic E-state index is 12.4. The smallest absolute Gasteiger partial charge is 0.204 e. The van der Waals surface area contributed by atoms with E-state index in [2.05, 4.69) is 22.6 Å². The fourth-order valence-corrected chi connectivity index (χ4v) is 3.49. The van der Waals surface area contributed by atoms with E-state index in [1.807, 2.05) is 0 Å². The van der Waals surface area contributed by atoms with Crippen molar-refractivity contribution < 1.29 is 8.78 Å². The van der Waals surface area contributed by atoms with Crippen LogP contribution in [0.15, 0.2) is 18.2 Å². The van der Waals surface area contributed by atoms with E-state index in [1.54, 1.807) is 12.1 Å². The third-order valence-corrected chi connectivity index (χ3v) is 4.40. The van der Waals surface area contributed by atoms with E-state index in [1.165, 1.54) is 6.07 Å². The number of alkyl halides is 2. The molecule has 0 radical (unpaired) electrons. The summed E-state index contributed by atoms with van der Waals surface area (Å²) in [7, 11) is 0. The molecule has 1 aromatic carbocycles. The van der Waals surface area contributed by atoms with Crippen molar-refractivity contribution in [2.45, 2.75) is 6.43 Å². The van der Waals surface area contributed by atoms with E-state index in [0.717, 1.165) is 25.0 Å². The highest BCUT2D eigenvalue weighted by molar-refractivity contribution is 14.1. The van der Waals surface area contributed by atoms with Crippen molar-refractivity contribution >= 4 is 55.6 Å². The predicted molar refractivity (Wildman–Crippen MR) is 64.5 cm³/mol. The van der Waals surface area contributed by atoms with E-state index in [4.69, 9.17) is 11.6 Å². The molecule has 0 nitrogen and oxygen atoms in total. The molecule has 1 aromatic heterocycles.